The van der Waals surface area contributed by atoms with Crippen molar-refractivity contribution in [3.05, 3.63) is 35.1 Å². The Labute approximate surface area is 128 Å². The molecular weight excluding hydrogens is 265 g/mol. The number of hydrogen-bond donors (Lipinski definition) is 1. The molecule has 1 N–H and O–H groups in total. The lowest BCUT2D eigenvalue weighted by Crippen LogP contribution is -2.33. The summed E-state index contributed by atoms with van der Waals surface area (Å²) in [5.41, 5.74) is 1.62. The van der Waals surface area contributed by atoms with Crippen LogP contribution in [0.5, 0.6) is 0 Å². The number of nitrogens with zero attached hydrogens (tertiary/aromatic N) is 1. The molecule has 116 valence electrons. The number of aliphatic hydroxyl groups is 1. The summed E-state index contributed by atoms with van der Waals surface area (Å²) in [6.07, 6.45) is 0.414. The van der Waals surface area contributed by atoms with Gasteiger partial charge in [-0.05, 0) is 43.5 Å². The molecule has 0 amide bonds. The van der Waals surface area contributed by atoms with Crippen LogP contribution >= 0.6 is 0 Å². The standard InChI is InChI=1S/C18H26FNO/c1-14(2)12-20(15(3)4)13-17-9-16(7-5-6-8-21)10-18(19)11-17/h9-11,14-15,21H,6,8,12-13H2,1-4H3. The predicted octanol–water partition coefficient (Wildman–Crippen LogP) is 3.43. The number of rotatable bonds is 6. The minimum absolute atomic E-state index is 0.0324. The average molecular weight is 291 g/mol. The highest BCUT2D eigenvalue weighted by atomic mass is 19.1. The van der Waals surface area contributed by atoms with Crippen molar-refractivity contribution in [1.82, 2.24) is 4.90 Å². The lowest BCUT2D eigenvalue weighted by Gasteiger charge is -2.28. The van der Waals surface area contributed by atoms with E-state index < -0.39 is 0 Å². The molecule has 0 heterocycles. The van der Waals surface area contributed by atoms with Crippen LogP contribution in [0.1, 0.15) is 45.2 Å². The third-order valence-corrected chi connectivity index (χ3v) is 3.14. The van der Waals surface area contributed by atoms with Crippen LogP contribution in [-0.4, -0.2) is 29.2 Å². The normalized spacial score (nSPS) is 11.1. The van der Waals surface area contributed by atoms with Crippen molar-refractivity contribution >= 4 is 0 Å². The van der Waals surface area contributed by atoms with Crippen LogP contribution in [0.4, 0.5) is 4.39 Å². The Hall–Kier alpha value is -1.37. The van der Waals surface area contributed by atoms with Gasteiger partial charge in [-0.15, -0.1) is 0 Å². The first-order valence-corrected chi connectivity index (χ1v) is 7.55. The van der Waals surface area contributed by atoms with Crippen LogP contribution in [0.3, 0.4) is 0 Å². The Morgan fingerprint density at radius 1 is 1.19 bits per heavy atom. The second-order valence-corrected chi connectivity index (χ2v) is 6.04. The van der Waals surface area contributed by atoms with E-state index in [1.54, 1.807) is 6.07 Å². The minimum Gasteiger partial charge on any atom is -0.395 e. The van der Waals surface area contributed by atoms with E-state index >= 15 is 0 Å². The maximum absolute atomic E-state index is 13.7. The fraction of sp³-hybridized carbons (Fsp3) is 0.556. The van der Waals surface area contributed by atoms with E-state index in [4.69, 9.17) is 5.11 Å². The fourth-order valence-corrected chi connectivity index (χ4v) is 2.20. The van der Waals surface area contributed by atoms with E-state index in [0.29, 0.717) is 23.9 Å². The number of halogens is 1. The summed E-state index contributed by atoms with van der Waals surface area (Å²) in [5, 5.41) is 8.73. The summed E-state index contributed by atoms with van der Waals surface area (Å²) in [5.74, 6) is 6.05. The number of aliphatic hydroxyl groups excluding tert-OH is 1. The number of hydrogen-bond acceptors (Lipinski definition) is 2. The Morgan fingerprint density at radius 2 is 1.90 bits per heavy atom. The molecule has 0 aliphatic heterocycles. The summed E-state index contributed by atoms with van der Waals surface area (Å²) < 4.78 is 13.7. The molecule has 0 fully saturated rings. The quantitative estimate of drug-likeness (QED) is 0.812. The van der Waals surface area contributed by atoms with Gasteiger partial charge in [0.25, 0.3) is 0 Å². The Morgan fingerprint density at radius 3 is 2.48 bits per heavy atom. The molecule has 1 aromatic rings. The zero-order valence-corrected chi connectivity index (χ0v) is 13.5. The zero-order chi connectivity index (χ0) is 15.8. The van der Waals surface area contributed by atoms with Crippen molar-refractivity contribution in [2.24, 2.45) is 5.92 Å². The highest BCUT2D eigenvalue weighted by molar-refractivity contribution is 5.37. The summed E-state index contributed by atoms with van der Waals surface area (Å²) in [6, 6.07) is 5.37. The maximum atomic E-state index is 13.7. The Balaban J connectivity index is 2.89. The van der Waals surface area contributed by atoms with E-state index in [-0.39, 0.29) is 12.4 Å². The third-order valence-electron chi connectivity index (χ3n) is 3.14. The van der Waals surface area contributed by atoms with Gasteiger partial charge < -0.3 is 5.11 Å². The van der Waals surface area contributed by atoms with E-state index in [9.17, 15) is 4.39 Å². The molecule has 1 aromatic carbocycles. The summed E-state index contributed by atoms with van der Waals surface area (Å²) >= 11 is 0. The van der Waals surface area contributed by atoms with E-state index in [2.05, 4.69) is 44.4 Å². The Kier molecular flexibility index (Phi) is 7.42. The summed E-state index contributed by atoms with van der Waals surface area (Å²) in [4.78, 5) is 2.34. The predicted molar refractivity (Wildman–Crippen MR) is 85.4 cm³/mol. The molecular formula is C18H26FNO. The average Bonchev–Trinajstić information content (AvgIpc) is 2.37. The van der Waals surface area contributed by atoms with Crippen LogP contribution in [0.25, 0.3) is 0 Å². The van der Waals surface area contributed by atoms with Gasteiger partial charge in [0.15, 0.2) is 0 Å². The highest BCUT2D eigenvalue weighted by Crippen LogP contribution is 2.14. The molecule has 0 aromatic heterocycles. The molecule has 0 aliphatic rings. The van der Waals surface area contributed by atoms with Gasteiger partial charge in [0.2, 0.25) is 0 Å². The van der Waals surface area contributed by atoms with Gasteiger partial charge >= 0.3 is 0 Å². The van der Waals surface area contributed by atoms with Gasteiger partial charge in [0.1, 0.15) is 5.82 Å². The highest BCUT2D eigenvalue weighted by Gasteiger charge is 2.12. The van der Waals surface area contributed by atoms with Crippen LogP contribution in [0.15, 0.2) is 18.2 Å². The monoisotopic (exact) mass is 291 g/mol. The van der Waals surface area contributed by atoms with Crippen LogP contribution in [-0.2, 0) is 6.54 Å². The van der Waals surface area contributed by atoms with Crippen LogP contribution < -0.4 is 0 Å². The van der Waals surface area contributed by atoms with Crippen molar-refractivity contribution in [1.29, 1.82) is 0 Å². The largest absolute Gasteiger partial charge is 0.395 e. The molecule has 0 aliphatic carbocycles. The third kappa shape index (κ3) is 6.75. The van der Waals surface area contributed by atoms with E-state index in [0.717, 1.165) is 18.7 Å². The van der Waals surface area contributed by atoms with Crippen LogP contribution in [0.2, 0.25) is 0 Å². The van der Waals surface area contributed by atoms with Gasteiger partial charge in [0.05, 0.1) is 6.61 Å². The molecule has 0 saturated heterocycles. The molecule has 0 atom stereocenters. The van der Waals surface area contributed by atoms with Crippen molar-refractivity contribution in [2.45, 2.75) is 46.7 Å². The minimum atomic E-state index is -0.256. The van der Waals surface area contributed by atoms with Gasteiger partial charge in [0, 0.05) is 31.1 Å². The van der Waals surface area contributed by atoms with Gasteiger partial charge in [-0.1, -0.05) is 25.7 Å². The van der Waals surface area contributed by atoms with E-state index in [1.165, 1.54) is 6.07 Å². The molecule has 21 heavy (non-hydrogen) atoms. The molecule has 0 spiro atoms. The molecule has 1 rings (SSSR count). The van der Waals surface area contributed by atoms with Crippen LogP contribution in [0, 0.1) is 23.6 Å². The number of benzene rings is 1. The second-order valence-electron chi connectivity index (χ2n) is 6.04. The first-order valence-electron chi connectivity index (χ1n) is 7.55. The molecule has 0 saturated carbocycles. The molecule has 2 nitrogen and oxygen atoms in total. The fourth-order valence-electron chi connectivity index (χ4n) is 2.20. The smallest absolute Gasteiger partial charge is 0.124 e. The first kappa shape index (κ1) is 17.7. The lowest BCUT2D eigenvalue weighted by atomic mass is 10.1. The summed E-state index contributed by atoms with van der Waals surface area (Å²) in [6.45, 7) is 10.4. The molecule has 0 bridgehead atoms. The van der Waals surface area contributed by atoms with Gasteiger partial charge in [-0.25, -0.2) is 4.39 Å². The SMILES string of the molecule is CC(C)CN(Cc1cc(F)cc(C#CCCO)c1)C(C)C. The second kappa shape index (κ2) is 8.81. The topological polar surface area (TPSA) is 23.5 Å². The lowest BCUT2D eigenvalue weighted by molar-refractivity contribution is 0.189. The zero-order valence-electron chi connectivity index (χ0n) is 13.5. The van der Waals surface area contributed by atoms with Crippen molar-refractivity contribution in [3.8, 4) is 11.8 Å². The van der Waals surface area contributed by atoms with Gasteiger partial charge in [-0.3, -0.25) is 4.90 Å². The first-order chi connectivity index (χ1) is 9.92. The Bertz CT molecular complexity index is 500. The summed E-state index contributed by atoms with van der Waals surface area (Å²) in [7, 11) is 0. The van der Waals surface area contributed by atoms with E-state index in [1.807, 2.05) is 6.07 Å². The molecule has 3 heteroatoms. The van der Waals surface area contributed by atoms with Crippen molar-refractivity contribution < 1.29 is 9.50 Å². The van der Waals surface area contributed by atoms with Crippen molar-refractivity contribution in [3.63, 3.8) is 0 Å². The molecule has 0 radical (unpaired) electrons. The van der Waals surface area contributed by atoms with Crippen molar-refractivity contribution in [2.75, 3.05) is 13.2 Å². The van der Waals surface area contributed by atoms with Gasteiger partial charge in [-0.2, -0.15) is 0 Å². The maximum Gasteiger partial charge on any atom is 0.124 e. The molecule has 0 unspecified atom stereocenters.